The Morgan fingerprint density at radius 2 is 2.14 bits per heavy atom. The maximum Gasteiger partial charge on any atom is 0.0719 e. The van der Waals surface area contributed by atoms with Gasteiger partial charge in [0.15, 0.2) is 0 Å². The summed E-state index contributed by atoms with van der Waals surface area (Å²) in [5.74, 6) is 0. The molecule has 78 valence electrons. The van der Waals surface area contributed by atoms with Gasteiger partial charge >= 0.3 is 0 Å². The first-order valence-corrected chi connectivity index (χ1v) is 5.05. The van der Waals surface area contributed by atoms with Crippen LogP contribution in [0.3, 0.4) is 0 Å². The van der Waals surface area contributed by atoms with E-state index < -0.39 is 0 Å². The van der Waals surface area contributed by atoms with E-state index in [1.54, 1.807) is 6.20 Å². The first-order valence-electron chi connectivity index (χ1n) is 5.05. The van der Waals surface area contributed by atoms with Gasteiger partial charge in [-0.1, -0.05) is 13.8 Å². The molecule has 1 saturated heterocycles. The van der Waals surface area contributed by atoms with E-state index in [9.17, 15) is 0 Å². The molecular weight excluding hydrogens is 176 g/mol. The molecule has 4 nitrogen and oxygen atoms in total. The summed E-state index contributed by atoms with van der Waals surface area (Å²) in [5.41, 5.74) is 6.84. The van der Waals surface area contributed by atoms with Crippen molar-refractivity contribution in [2.45, 2.75) is 20.4 Å². The van der Waals surface area contributed by atoms with Crippen molar-refractivity contribution in [3.05, 3.63) is 12.4 Å². The number of anilines is 1. The lowest BCUT2D eigenvalue weighted by molar-refractivity contribution is 0.0278. The zero-order valence-corrected chi connectivity index (χ0v) is 8.90. The van der Waals surface area contributed by atoms with Crippen molar-refractivity contribution in [3.8, 4) is 0 Å². The molecule has 0 spiro atoms. The fraction of sp³-hybridized carbons (Fsp3) is 0.700. The number of nitrogens with zero attached hydrogens (tertiary/aromatic N) is 3. The Balaban J connectivity index is 1.74. The molecule has 1 aromatic rings. The van der Waals surface area contributed by atoms with E-state index in [4.69, 9.17) is 5.73 Å². The number of nitrogen functional groups attached to an aromatic ring is 1. The van der Waals surface area contributed by atoms with Gasteiger partial charge in [-0.15, -0.1) is 0 Å². The molecule has 2 heterocycles. The zero-order valence-electron chi connectivity index (χ0n) is 8.90. The fourth-order valence-corrected chi connectivity index (χ4v) is 2.07. The van der Waals surface area contributed by atoms with Crippen LogP contribution < -0.4 is 5.73 Å². The van der Waals surface area contributed by atoms with Gasteiger partial charge in [0.25, 0.3) is 0 Å². The summed E-state index contributed by atoms with van der Waals surface area (Å²) < 4.78 is 1.90. The molecule has 2 rings (SSSR count). The lowest BCUT2D eigenvalue weighted by atomic mass is 9.84. The summed E-state index contributed by atoms with van der Waals surface area (Å²) in [5, 5.41) is 4.15. The van der Waals surface area contributed by atoms with Crippen molar-refractivity contribution in [2.24, 2.45) is 5.41 Å². The largest absolute Gasteiger partial charge is 0.396 e. The Morgan fingerprint density at radius 1 is 1.43 bits per heavy atom. The molecule has 0 unspecified atom stereocenters. The number of likely N-dealkylation sites (tertiary alicyclic amines) is 1. The average Bonchev–Trinajstić information content (AvgIpc) is 2.44. The molecule has 0 saturated carbocycles. The van der Waals surface area contributed by atoms with Gasteiger partial charge in [-0.3, -0.25) is 4.68 Å². The quantitative estimate of drug-likeness (QED) is 0.774. The minimum atomic E-state index is 0.517. The van der Waals surface area contributed by atoms with E-state index in [0.29, 0.717) is 5.41 Å². The number of rotatable bonds is 3. The van der Waals surface area contributed by atoms with Crippen LogP contribution in [0.5, 0.6) is 0 Å². The van der Waals surface area contributed by atoms with E-state index in [2.05, 4.69) is 23.8 Å². The highest BCUT2D eigenvalue weighted by Gasteiger charge is 2.33. The summed E-state index contributed by atoms with van der Waals surface area (Å²) in [7, 11) is 0. The molecule has 4 heteroatoms. The number of aromatic nitrogens is 2. The summed E-state index contributed by atoms with van der Waals surface area (Å²) in [6, 6.07) is 0. The summed E-state index contributed by atoms with van der Waals surface area (Å²) in [6.45, 7) is 9.01. The Labute approximate surface area is 84.7 Å². The van der Waals surface area contributed by atoms with Crippen LogP contribution in [-0.4, -0.2) is 34.3 Å². The standard InChI is InChI=1S/C10H18N4/c1-10(2)7-13(8-10)3-4-14-6-9(11)5-12-14/h5-6H,3-4,7-8,11H2,1-2H3. The molecule has 0 aliphatic carbocycles. The SMILES string of the molecule is CC1(C)CN(CCn2cc(N)cn2)C1. The maximum absolute atomic E-state index is 5.58. The molecule has 0 atom stereocenters. The van der Waals surface area contributed by atoms with E-state index in [1.807, 2.05) is 10.9 Å². The number of hydrogen-bond acceptors (Lipinski definition) is 3. The van der Waals surface area contributed by atoms with Crippen molar-refractivity contribution < 1.29 is 0 Å². The molecular formula is C10H18N4. The Hall–Kier alpha value is -1.03. The fourth-order valence-electron chi connectivity index (χ4n) is 2.07. The van der Waals surface area contributed by atoms with Gasteiger partial charge in [0.2, 0.25) is 0 Å². The van der Waals surface area contributed by atoms with Gasteiger partial charge in [-0.2, -0.15) is 5.10 Å². The maximum atomic E-state index is 5.58. The normalized spacial score (nSPS) is 20.7. The lowest BCUT2D eigenvalue weighted by Crippen LogP contribution is -2.53. The highest BCUT2D eigenvalue weighted by molar-refractivity contribution is 5.30. The van der Waals surface area contributed by atoms with Crippen molar-refractivity contribution in [1.29, 1.82) is 0 Å². The highest BCUT2D eigenvalue weighted by atomic mass is 15.3. The highest BCUT2D eigenvalue weighted by Crippen LogP contribution is 2.27. The molecule has 14 heavy (non-hydrogen) atoms. The predicted octanol–water partition coefficient (Wildman–Crippen LogP) is 0.807. The van der Waals surface area contributed by atoms with Crippen LogP contribution in [-0.2, 0) is 6.54 Å². The second-order valence-corrected chi connectivity index (χ2v) is 4.91. The van der Waals surface area contributed by atoms with Gasteiger partial charge in [0, 0.05) is 25.8 Å². The van der Waals surface area contributed by atoms with Crippen LogP contribution in [0.15, 0.2) is 12.4 Å². The molecule has 0 amide bonds. The Morgan fingerprint density at radius 3 is 2.64 bits per heavy atom. The topological polar surface area (TPSA) is 47.1 Å². The van der Waals surface area contributed by atoms with Crippen molar-refractivity contribution >= 4 is 5.69 Å². The molecule has 1 fully saturated rings. The van der Waals surface area contributed by atoms with E-state index >= 15 is 0 Å². The third-order valence-corrected chi connectivity index (χ3v) is 2.60. The average molecular weight is 194 g/mol. The minimum absolute atomic E-state index is 0.517. The van der Waals surface area contributed by atoms with Crippen molar-refractivity contribution in [3.63, 3.8) is 0 Å². The van der Waals surface area contributed by atoms with E-state index in [0.717, 1.165) is 18.8 Å². The van der Waals surface area contributed by atoms with Crippen LogP contribution in [0, 0.1) is 5.41 Å². The molecule has 0 aromatic carbocycles. The smallest absolute Gasteiger partial charge is 0.0719 e. The van der Waals surface area contributed by atoms with E-state index in [-0.39, 0.29) is 0 Å². The number of hydrogen-bond donors (Lipinski definition) is 1. The first-order chi connectivity index (χ1) is 6.55. The van der Waals surface area contributed by atoms with Crippen LogP contribution >= 0.6 is 0 Å². The minimum Gasteiger partial charge on any atom is -0.396 e. The van der Waals surface area contributed by atoms with Crippen LogP contribution in [0.25, 0.3) is 0 Å². The summed E-state index contributed by atoms with van der Waals surface area (Å²) in [4.78, 5) is 2.44. The van der Waals surface area contributed by atoms with Crippen LogP contribution in [0.1, 0.15) is 13.8 Å². The molecule has 0 bridgehead atoms. The Bertz CT molecular complexity index is 308. The second kappa shape index (κ2) is 3.28. The van der Waals surface area contributed by atoms with Gasteiger partial charge in [0.05, 0.1) is 18.4 Å². The molecule has 2 N–H and O–H groups in total. The van der Waals surface area contributed by atoms with Gasteiger partial charge in [-0.05, 0) is 5.41 Å². The Kier molecular flexibility index (Phi) is 2.23. The third-order valence-electron chi connectivity index (χ3n) is 2.60. The van der Waals surface area contributed by atoms with Crippen molar-refractivity contribution in [2.75, 3.05) is 25.4 Å². The molecule has 1 aromatic heterocycles. The summed E-state index contributed by atoms with van der Waals surface area (Å²) >= 11 is 0. The van der Waals surface area contributed by atoms with Gasteiger partial charge in [-0.25, -0.2) is 0 Å². The lowest BCUT2D eigenvalue weighted by Gasteiger charge is -2.45. The van der Waals surface area contributed by atoms with Gasteiger partial charge in [0.1, 0.15) is 0 Å². The van der Waals surface area contributed by atoms with Crippen LogP contribution in [0.2, 0.25) is 0 Å². The first kappa shape index (κ1) is 9.52. The summed E-state index contributed by atoms with van der Waals surface area (Å²) in [6.07, 6.45) is 3.57. The zero-order chi connectivity index (χ0) is 10.2. The van der Waals surface area contributed by atoms with Crippen LogP contribution in [0.4, 0.5) is 5.69 Å². The second-order valence-electron chi connectivity index (χ2n) is 4.91. The monoisotopic (exact) mass is 194 g/mol. The van der Waals surface area contributed by atoms with Crippen molar-refractivity contribution in [1.82, 2.24) is 14.7 Å². The van der Waals surface area contributed by atoms with E-state index in [1.165, 1.54) is 13.1 Å². The number of nitrogens with two attached hydrogens (primary N) is 1. The predicted molar refractivity (Wildman–Crippen MR) is 56.9 cm³/mol. The third kappa shape index (κ3) is 2.07. The molecule has 0 radical (unpaired) electrons. The molecule has 1 aliphatic rings. The van der Waals surface area contributed by atoms with Gasteiger partial charge < -0.3 is 10.6 Å². The molecule has 1 aliphatic heterocycles.